The largest absolute Gasteiger partial charge is 0.334 e. The summed E-state index contributed by atoms with van der Waals surface area (Å²) in [6.45, 7) is 4.15. The highest BCUT2D eigenvalue weighted by Gasteiger charge is 2.39. The third kappa shape index (κ3) is 2.49. The first kappa shape index (κ1) is 15.9. The lowest BCUT2D eigenvalue weighted by atomic mass is 9.77. The van der Waals surface area contributed by atoms with Crippen molar-refractivity contribution < 1.29 is 4.52 Å². The Balaban J connectivity index is 0.00000156. The summed E-state index contributed by atoms with van der Waals surface area (Å²) in [5, 5.41) is 9.36. The van der Waals surface area contributed by atoms with Crippen LogP contribution in [0.25, 0.3) is 22.5 Å². The highest BCUT2D eigenvalue weighted by atomic mass is 35.5. The van der Waals surface area contributed by atoms with Crippen LogP contribution in [0.15, 0.2) is 23.0 Å². The van der Waals surface area contributed by atoms with E-state index in [4.69, 9.17) is 10.3 Å². The second-order valence-electron chi connectivity index (χ2n) is 6.25. The van der Waals surface area contributed by atoms with Crippen LogP contribution in [0.4, 0.5) is 0 Å². The molecule has 3 aromatic rings. The number of nitrogens with two attached hydrogens (primary N) is 1. The van der Waals surface area contributed by atoms with Crippen LogP contribution in [0.2, 0.25) is 0 Å². The van der Waals surface area contributed by atoms with Crippen LogP contribution in [-0.4, -0.2) is 24.9 Å². The number of halogens is 1. The van der Waals surface area contributed by atoms with Crippen molar-refractivity contribution in [3.63, 3.8) is 0 Å². The van der Waals surface area contributed by atoms with Gasteiger partial charge in [-0.05, 0) is 39.2 Å². The van der Waals surface area contributed by atoms with Crippen molar-refractivity contribution in [2.75, 3.05) is 0 Å². The summed E-state index contributed by atoms with van der Waals surface area (Å²) in [6.07, 6.45) is 6.47. The predicted octanol–water partition coefficient (Wildman–Crippen LogP) is 2.82. The number of aromatic nitrogens is 5. The van der Waals surface area contributed by atoms with Crippen LogP contribution < -0.4 is 5.73 Å². The zero-order valence-electron chi connectivity index (χ0n) is 13.1. The smallest absolute Gasteiger partial charge is 0.259 e. The van der Waals surface area contributed by atoms with Gasteiger partial charge in [0.25, 0.3) is 5.89 Å². The zero-order chi connectivity index (χ0) is 15.3. The molecule has 0 bridgehead atoms. The molecule has 2 N–H and O–H groups in total. The lowest BCUT2D eigenvalue weighted by Crippen LogP contribution is -2.44. The maximum absolute atomic E-state index is 6.23. The van der Waals surface area contributed by atoms with Crippen LogP contribution in [0.5, 0.6) is 0 Å². The molecule has 122 valence electrons. The minimum absolute atomic E-state index is 0. The summed E-state index contributed by atoms with van der Waals surface area (Å²) in [6, 6.07) is 2.23. The maximum Gasteiger partial charge on any atom is 0.259 e. The van der Waals surface area contributed by atoms with Gasteiger partial charge in [0.15, 0.2) is 11.5 Å². The Bertz CT molecular complexity index is 835. The summed E-state index contributed by atoms with van der Waals surface area (Å²) in [4.78, 5) is 8.94. The van der Waals surface area contributed by atoms with Gasteiger partial charge in [-0.2, -0.15) is 10.1 Å². The van der Waals surface area contributed by atoms with Crippen molar-refractivity contribution in [2.24, 2.45) is 5.73 Å². The second-order valence-corrected chi connectivity index (χ2v) is 6.25. The molecule has 23 heavy (non-hydrogen) atoms. The monoisotopic (exact) mass is 334 g/mol. The molecule has 0 radical (unpaired) electrons. The van der Waals surface area contributed by atoms with E-state index in [0.717, 1.165) is 35.9 Å². The quantitative estimate of drug-likeness (QED) is 0.791. The average molecular weight is 335 g/mol. The van der Waals surface area contributed by atoms with Gasteiger partial charge in [0.2, 0.25) is 0 Å². The second kappa shape index (κ2) is 5.58. The Kier molecular flexibility index (Phi) is 3.85. The topological polar surface area (TPSA) is 95.7 Å². The van der Waals surface area contributed by atoms with Gasteiger partial charge in [0.1, 0.15) is 0 Å². The summed E-state index contributed by atoms with van der Waals surface area (Å²) in [5.74, 6) is 1.05. The summed E-state index contributed by atoms with van der Waals surface area (Å²) in [5.41, 5.74) is 7.46. The first-order chi connectivity index (χ1) is 10.6. The summed E-state index contributed by atoms with van der Waals surface area (Å²) < 4.78 is 7.26. The molecule has 0 aliphatic heterocycles. The van der Waals surface area contributed by atoms with Crippen LogP contribution in [0.1, 0.15) is 45.0 Å². The SMILES string of the molecule is CC(C)n1ncc2cc(-c3nc(C4(N)CCC4)no3)cnc21.Cl. The third-order valence-electron chi connectivity index (χ3n) is 4.29. The van der Waals surface area contributed by atoms with Crippen LogP contribution in [-0.2, 0) is 5.54 Å². The number of nitrogens with zero attached hydrogens (tertiary/aromatic N) is 5. The minimum Gasteiger partial charge on any atom is -0.334 e. The van der Waals surface area contributed by atoms with Gasteiger partial charge >= 0.3 is 0 Å². The molecule has 0 amide bonds. The van der Waals surface area contributed by atoms with E-state index in [1.807, 2.05) is 10.7 Å². The average Bonchev–Trinajstić information content (AvgIpc) is 3.10. The zero-order valence-corrected chi connectivity index (χ0v) is 13.9. The van der Waals surface area contributed by atoms with Crippen LogP contribution >= 0.6 is 12.4 Å². The molecule has 0 unspecified atom stereocenters. The van der Waals surface area contributed by atoms with Crippen molar-refractivity contribution in [3.8, 4) is 11.5 Å². The lowest BCUT2D eigenvalue weighted by Gasteiger charge is -2.34. The molecule has 0 spiro atoms. The molecule has 1 aliphatic rings. The first-order valence-corrected chi connectivity index (χ1v) is 7.53. The summed E-state index contributed by atoms with van der Waals surface area (Å²) in [7, 11) is 0. The van der Waals surface area contributed by atoms with Gasteiger partial charge in [0.05, 0.1) is 17.3 Å². The number of fused-ring (bicyclic) bond motifs is 1. The molecule has 7 nitrogen and oxygen atoms in total. The van der Waals surface area contributed by atoms with E-state index >= 15 is 0 Å². The maximum atomic E-state index is 6.23. The third-order valence-corrected chi connectivity index (χ3v) is 4.29. The van der Waals surface area contributed by atoms with Gasteiger partial charge in [-0.15, -0.1) is 12.4 Å². The Morgan fingerprint density at radius 2 is 2.09 bits per heavy atom. The Hall–Kier alpha value is -1.99. The van der Waals surface area contributed by atoms with Gasteiger partial charge in [0, 0.05) is 17.6 Å². The highest BCUT2D eigenvalue weighted by molar-refractivity contribution is 5.85. The van der Waals surface area contributed by atoms with E-state index in [1.54, 1.807) is 12.4 Å². The summed E-state index contributed by atoms with van der Waals surface area (Å²) >= 11 is 0. The van der Waals surface area contributed by atoms with Crippen molar-refractivity contribution >= 4 is 23.4 Å². The van der Waals surface area contributed by atoms with Gasteiger partial charge in [-0.1, -0.05) is 5.16 Å². The van der Waals surface area contributed by atoms with E-state index in [9.17, 15) is 0 Å². The van der Waals surface area contributed by atoms with Gasteiger partial charge < -0.3 is 10.3 Å². The standard InChI is InChI=1S/C15H18N6O.ClH/c1-9(2)21-12-10(8-18-21)6-11(7-17-12)13-19-14(20-22-13)15(16)4-3-5-15;/h6-9H,3-5,16H2,1-2H3;1H. The molecule has 3 aromatic heterocycles. The van der Waals surface area contributed by atoms with E-state index in [-0.39, 0.29) is 18.4 Å². The molecule has 1 aliphatic carbocycles. The Labute approximate surface area is 139 Å². The predicted molar refractivity (Wildman–Crippen MR) is 88.2 cm³/mol. The molecule has 0 aromatic carbocycles. The number of hydrogen-bond acceptors (Lipinski definition) is 6. The van der Waals surface area contributed by atoms with Crippen LogP contribution in [0.3, 0.4) is 0 Å². The van der Waals surface area contributed by atoms with Gasteiger partial charge in [-0.3, -0.25) is 0 Å². The molecule has 8 heteroatoms. The van der Waals surface area contributed by atoms with Crippen molar-refractivity contribution in [1.29, 1.82) is 0 Å². The highest BCUT2D eigenvalue weighted by Crippen LogP contribution is 2.37. The minimum atomic E-state index is -0.415. The normalized spacial score (nSPS) is 16.3. The molecule has 1 saturated carbocycles. The number of pyridine rings is 1. The molecule has 4 rings (SSSR count). The number of rotatable bonds is 3. The van der Waals surface area contributed by atoms with Crippen molar-refractivity contribution in [1.82, 2.24) is 24.9 Å². The fourth-order valence-corrected chi connectivity index (χ4v) is 2.76. The lowest BCUT2D eigenvalue weighted by molar-refractivity contribution is 0.229. The van der Waals surface area contributed by atoms with E-state index in [1.165, 1.54) is 0 Å². The first-order valence-electron chi connectivity index (χ1n) is 7.53. The molecule has 0 atom stereocenters. The van der Waals surface area contributed by atoms with E-state index in [2.05, 4.69) is 34.1 Å². The molecule has 3 heterocycles. The van der Waals surface area contributed by atoms with Crippen molar-refractivity contribution in [2.45, 2.75) is 44.7 Å². The van der Waals surface area contributed by atoms with Crippen LogP contribution in [0, 0.1) is 0 Å². The van der Waals surface area contributed by atoms with E-state index in [0.29, 0.717) is 11.7 Å². The van der Waals surface area contributed by atoms with E-state index < -0.39 is 5.54 Å². The van der Waals surface area contributed by atoms with Crippen molar-refractivity contribution in [3.05, 3.63) is 24.3 Å². The molecular weight excluding hydrogens is 316 g/mol. The Morgan fingerprint density at radius 1 is 1.30 bits per heavy atom. The molecular formula is C15H19ClN6O. The Morgan fingerprint density at radius 3 is 2.74 bits per heavy atom. The van der Waals surface area contributed by atoms with Gasteiger partial charge in [-0.25, -0.2) is 9.67 Å². The fraction of sp³-hybridized carbons (Fsp3) is 0.467. The fourth-order valence-electron chi connectivity index (χ4n) is 2.76. The molecule has 0 saturated heterocycles. The number of hydrogen-bond donors (Lipinski definition) is 1. The molecule has 1 fully saturated rings.